The van der Waals surface area contributed by atoms with Crippen molar-refractivity contribution >= 4 is 41.7 Å². The van der Waals surface area contributed by atoms with Crippen LogP contribution in [0.5, 0.6) is 5.75 Å². The van der Waals surface area contributed by atoms with Crippen molar-refractivity contribution in [3.8, 4) is 5.75 Å². The molecule has 0 aliphatic carbocycles. The zero-order valence-corrected chi connectivity index (χ0v) is 17.0. The van der Waals surface area contributed by atoms with E-state index in [1.165, 1.54) is 18.3 Å². The predicted molar refractivity (Wildman–Crippen MR) is 100 cm³/mol. The standard InChI is InChI=1S/C17H22Cl2N2O5/c1-16(2,3)25-14(22)21-20-9-10-7-11(18)8-12(19)13(10)24-15(23)26-17(4,5)6/h7-9H,1-6H3,(H,21,22)/b20-9+. The Bertz CT molecular complexity index is 706. The molecule has 1 amide bonds. The number of carbonyl (C=O) groups excluding carboxylic acids is 2. The molecule has 0 fully saturated rings. The van der Waals surface area contributed by atoms with Crippen LogP contribution in [0.2, 0.25) is 10.0 Å². The zero-order chi connectivity index (χ0) is 20.1. The molecule has 7 nitrogen and oxygen atoms in total. The molecule has 9 heteroatoms. The fourth-order valence-corrected chi connectivity index (χ4v) is 2.14. The van der Waals surface area contributed by atoms with Gasteiger partial charge < -0.3 is 14.2 Å². The van der Waals surface area contributed by atoms with E-state index < -0.39 is 23.5 Å². The van der Waals surface area contributed by atoms with E-state index >= 15 is 0 Å². The lowest BCUT2D eigenvalue weighted by atomic mass is 10.2. The molecule has 0 saturated heterocycles. The van der Waals surface area contributed by atoms with E-state index in [-0.39, 0.29) is 16.3 Å². The van der Waals surface area contributed by atoms with E-state index in [4.69, 9.17) is 37.4 Å². The summed E-state index contributed by atoms with van der Waals surface area (Å²) in [6.45, 7) is 10.3. The van der Waals surface area contributed by atoms with Gasteiger partial charge in [-0.3, -0.25) is 0 Å². The lowest BCUT2D eigenvalue weighted by molar-refractivity contribution is 0.0205. The molecule has 144 valence electrons. The lowest BCUT2D eigenvalue weighted by Gasteiger charge is -2.19. The van der Waals surface area contributed by atoms with Crippen molar-refractivity contribution < 1.29 is 23.8 Å². The summed E-state index contributed by atoms with van der Waals surface area (Å²) >= 11 is 12.1. The van der Waals surface area contributed by atoms with Gasteiger partial charge in [0, 0.05) is 10.6 Å². The number of carbonyl (C=O) groups is 2. The second-order valence-electron chi connectivity index (χ2n) is 7.24. The predicted octanol–water partition coefficient (Wildman–Crippen LogP) is 5.17. The Hall–Kier alpha value is -1.99. The molecule has 1 rings (SSSR count). The molecule has 0 radical (unpaired) electrons. The minimum atomic E-state index is -0.934. The highest BCUT2D eigenvalue weighted by Gasteiger charge is 2.21. The van der Waals surface area contributed by atoms with Gasteiger partial charge >= 0.3 is 12.2 Å². The van der Waals surface area contributed by atoms with Gasteiger partial charge in [-0.15, -0.1) is 0 Å². The third-order valence-electron chi connectivity index (χ3n) is 2.37. The van der Waals surface area contributed by atoms with E-state index in [9.17, 15) is 9.59 Å². The van der Waals surface area contributed by atoms with E-state index in [1.54, 1.807) is 41.5 Å². The molecular weight excluding hydrogens is 383 g/mol. The Morgan fingerprint density at radius 1 is 1.04 bits per heavy atom. The highest BCUT2D eigenvalue weighted by molar-refractivity contribution is 6.36. The molecule has 26 heavy (non-hydrogen) atoms. The van der Waals surface area contributed by atoms with Gasteiger partial charge in [-0.2, -0.15) is 5.10 Å². The molecule has 0 heterocycles. The summed E-state index contributed by atoms with van der Waals surface area (Å²) in [5.74, 6) is 0.0000513. The topological polar surface area (TPSA) is 86.2 Å². The molecule has 0 saturated carbocycles. The molecule has 0 unspecified atom stereocenters. The average Bonchev–Trinajstić information content (AvgIpc) is 2.38. The smallest absolute Gasteiger partial charge is 0.443 e. The van der Waals surface area contributed by atoms with Crippen LogP contribution in [0.3, 0.4) is 0 Å². The Morgan fingerprint density at radius 3 is 2.15 bits per heavy atom. The number of amides is 1. The maximum Gasteiger partial charge on any atom is 0.514 e. The Balaban J connectivity index is 2.95. The van der Waals surface area contributed by atoms with Crippen LogP contribution in [0.15, 0.2) is 17.2 Å². The van der Waals surface area contributed by atoms with Crippen LogP contribution in [0.25, 0.3) is 0 Å². The first-order chi connectivity index (χ1) is 11.8. The molecule has 0 spiro atoms. The van der Waals surface area contributed by atoms with Crippen LogP contribution >= 0.6 is 23.2 Å². The molecule has 1 aromatic carbocycles. The molecule has 1 N–H and O–H groups in total. The number of rotatable bonds is 3. The van der Waals surface area contributed by atoms with Gasteiger partial charge in [-0.25, -0.2) is 15.0 Å². The molecule has 0 bridgehead atoms. The van der Waals surface area contributed by atoms with Crippen molar-refractivity contribution in [3.05, 3.63) is 27.7 Å². The van der Waals surface area contributed by atoms with Gasteiger partial charge in [0.15, 0.2) is 5.75 Å². The van der Waals surface area contributed by atoms with Crippen molar-refractivity contribution in [2.24, 2.45) is 5.10 Å². The minimum absolute atomic E-state index is 0.0000513. The molecule has 0 atom stereocenters. The summed E-state index contributed by atoms with van der Waals surface area (Å²) in [6, 6.07) is 2.87. The van der Waals surface area contributed by atoms with Crippen LogP contribution in [0.1, 0.15) is 47.1 Å². The number of benzene rings is 1. The highest BCUT2D eigenvalue weighted by atomic mass is 35.5. The summed E-state index contributed by atoms with van der Waals surface area (Å²) in [6.07, 6.45) is -0.450. The fraction of sp³-hybridized carbons (Fsp3) is 0.471. The van der Waals surface area contributed by atoms with Gasteiger partial charge in [0.05, 0.1) is 11.2 Å². The van der Waals surface area contributed by atoms with Crippen LogP contribution in [-0.2, 0) is 9.47 Å². The first-order valence-electron chi connectivity index (χ1n) is 7.69. The number of hydrogen-bond donors (Lipinski definition) is 1. The van der Waals surface area contributed by atoms with Crippen LogP contribution in [-0.4, -0.2) is 29.7 Å². The van der Waals surface area contributed by atoms with Crippen molar-refractivity contribution in [1.82, 2.24) is 5.43 Å². The molecule has 1 aromatic rings. The van der Waals surface area contributed by atoms with Crippen molar-refractivity contribution in [2.45, 2.75) is 52.7 Å². The first-order valence-corrected chi connectivity index (χ1v) is 8.44. The summed E-state index contributed by atoms with van der Waals surface area (Å²) in [4.78, 5) is 23.5. The molecule has 0 aromatic heterocycles. The zero-order valence-electron chi connectivity index (χ0n) is 15.5. The first kappa shape index (κ1) is 22.1. The van der Waals surface area contributed by atoms with Gasteiger partial charge in [-0.1, -0.05) is 23.2 Å². The summed E-state index contributed by atoms with van der Waals surface area (Å²) in [7, 11) is 0. The fourth-order valence-electron chi connectivity index (χ4n) is 1.59. The van der Waals surface area contributed by atoms with Crippen molar-refractivity contribution in [1.29, 1.82) is 0 Å². The van der Waals surface area contributed by atoms with E-state index in [1.807, 2.05) is 0 Å². The van der Waals surface area contributed by atoms with Crippen molar-refractivity contribution in [2.75, 3.05) is 0 Å². The minimum Gasteiger partial charge on any atom is -0.443 e. The summed E-state index contributed by atoms with van der Waals surface area (Å²) < 4.78 is 15.3. The molecule has 0 aliphatic heterocycles. The second-order valence-corrected chi connectivity index (χ2v) is 8.09. The Kier molecular flexibility index (Phi) is 7.29. The number of nitrogens with zero attached hydrogens (tertiary/aromatic N) is 1. The van der Waals surface area contributed by atoms with Gasteiger partial charge in [0.2, 0.25) is 0 Å². The third kappa shape index (κ3) is 8.40. The number of hydrogen-bond acceptors (Lipinski definition) is 6. The largest absolute Gasteiger partial charge is 0.514 e. The van der Waals surface area contributed by atoms with E-state index in [2.05, 4.69) is 10.5 Å². The molecule has 0 aliphatic rings. The van der Waals surface area contributed by atoms with Gasteiger partial charge in [0.1, 0.15) is 11.2 Å². The van der Waals surface area contributed by atoms with Crippen LogP contribution < -0.4 is 10.2 Å². The summed E-state index contributed by atoms with van der Waals surface area (Å²) in [5, 5.41) is 4.13. The second kappa shape index (κ2) is 8.60. The Labute approximate surface area is 162 Å². The normalized spacial score (nSPS) is 12.0. The number of hydrazone groups is 1. The number of nitrogens with one attached hydrogen (secondary N) is 1. The number of ether oxygens (including phenoxy) is 3. The van der Waals surface area contributed by atoms with E-state index in [0.717, 1.165) is 0 Å². The van der Waals surface area contributed by atoms with Crippen LogP contribution in [0, 0.1) is 0 Å². The quantitative estimate of drug-likeness (QED) is 0.325. The third-order valence-corrected chi connectivity index (χ3v) is 2.87. The lowest BCUT2D eigenvalue weighted by Crippen LogP contribution is -2.29. The summed E-state index contributed by atoms with van der Waals surface area (Å²) in [5.41, 5.74) is 1.07. The maximum atomic E-state index is 11.9. The van der Waals surface area contributed by atoms with Gasteiger partial charge in [-0.05, 0) is 53.7 Å². The van der Waals surface area contributed by atoms with Gasteiger partial charge in [0.25, 0.3) is 0 Å². The van der Waals surface area contributed by atoms with Crippen molar-refractivity contribution in [3.63, 3.8) is 0 Å². The SMILES string of the molecule is CC(C)(C)OC(=O)N/N=C/c1cc(Cl)cc(Cl)c1OC(=O)OC(C)(C)C. The molecular formula is C17H22Cl2N2O5. The number of halogens is 2. The highest BCUT2D eigenvalue weighted by Crippen LogP contribution is 2.32. The van der Waals surface area contributed by atoms with Crippen LogP contribution in [0.4, 0.5) is 9.59 Å². The Morgan fingerprint density at radius 2 is 1.62 bits per heavy atom. The van der Waals surface area contributed by atoms with E-state index in [0.29, 0.717) is 5.02 Å². The maximum absolute atomic E-state index is 11.9. The monoisotopic (exact) mass is 404 g/mol. The average molecular weight is 405 g/mol.